The second-order valence-corrected chi connectivity index (χ2v) is 6.65. The summed E-state index contributed by atoms with van der Waals surface area (Å²) in [6.07, 6.45) is 1.02. The highest BCUT2D eigenvalue weighted by atomic mass is 15.2. The SMILES string of the molecule is CN=C(NCCCn1c(C)nc2ccccc21)NCCN(C)C(C)C. The van der Waals surface area contributed by atoms with Gasteiger partial charge in [0.25, 0.3) is 0 Å². The number of hydrogen-bond acceptors (Lipinski definition) is 3. The maximum Gasteiger partial charge on any atom is 0.191 e. The summed E-state index contributed by atoms with van der Waals surface area (Å²) in [6.45, 7) is 10.2. The van der Waals surface area contributed by atoms with Gasteiger partial charge >= 0.3 is 0 Å². The number of nitrogens with zero attached hydrogens (tertiary/aromatic N) is 4. The van der Waals surface area contributed by atoms with Crippen LogP contribution in [-0.4, -0.2) is 60.2 Å². The van der Waals surface area contributed by atoms with Crippen LogP contribution in [0.4, 0.5) is 0 Å². The fraction of sp³-hybridized carbons (Fsp3) is 0.579. The summed E-state index contributed by atoms with van der Waals surface area (Å²) in [5.41, 5.74) is 2.28. The van der Waals surface area contributed by atoms with Gasteiger partial charge in [-0.1, -0.05) is 12.1 Å². The second kappa shape index (κ2) is 9.42. The van der Waals surface area contributed by atoms with Crippen LogP contribution in [0.3, 0.4) is 0 Å². The van der Waals surface area contributed by atoms with Crippen molar-refractivity contribution in [3.63, 3.8) is 0 Å². The van der Waals surface area contributed by atoms with Crippen LogP contribution in [0.2, 0.25) is 0 Å². The van der Waals surface area contributed by atoms with E-state index in [0.29, 0.717) is 6.04 Å². The van der Waals surface area contributed by atoms with E-state index in [-0.39, 0.29) is 0 Å². The molecule has 25 heavy (non-hydrogen) atoms. The van der Waals surface area contributed by atoms with E-state index in [2.05, 4.69) is 76.1 Å². The van der Waals surface area contributed by atoms with Crippen molar-refractivity contribution in [1.29, 1.82) is 0 Å². The first-order chi connectivity index (χ1) is 12.0. The number of aryl methyl sites for hydroxylation is 2. The van der Waals surface area contributed by atoms with E-state index in [4.69, 9.17) is 0 Å². The van der Waals surface area contributed by atoms with Crippen molar-refractivity contribution in [3.05, 3.63) is 30.1 Å². The molecule has 0 aliphatic carbocycles. The Kier molecular flexibility index (Phi) is 7.25. The average molecular weight is 345 g/mol. The van der Waals surface area contributed by atoms with E-state index in [1.54, 1.807) is 0 Å². The molecule has 138 valence electrons. The number of hydrogen-bond donors (Lipinski definition) is 2. The Morgan fingerprint density at radius 1 is 1.24 bits per heavy atom. The summed E-state index contributed by atoms with van der Waals surface area (Å²) in [5.74, 6) is 1.93. The van der Waals surface area contributed by atoms with Gasteiger partial charge in [0.05, 0.1) is 11.0 Å². The zero-order valence-corrected chi connectivity index (χ0v) is 16.2. The molecule has 0 saturated carbocycles. The van der Waals surface area contributed by atoms with Crippen molar-refractivity contribution in [3.8, 4) is 0 Å². The summed E-state index contributed by atoms with van der Waals surface area (Å²) in [5, 5.41) is 6.76. The summed E-state index contributed by atoms with van der Waals surface area (Å²) in [7, 11) is 3.95. The minimum absolute atomic E-state index is 0.560. The molecule has 0 aliphatic rings. The zero-order valence-electron chi connectivity index (χ0n) is 16.2. The van der Waals surface area contributed by atoms with Gasteiger partial charge in [-0.2, -0.15) is 0 Å². The van der Waals surface area contributed by atoms with Crippen molar-refractivity contribution in [1.82, 2.24) is 25.1 Å². The predicted molar refractivity (Wildman–Crippen MR) is 106 cm³/mol. The van der Waals surface area contributed by atoms with Crippen LogP contribution in [0.1, 0.15) is 26.1 Å². The summed E-state index contributed by atoms with van der Waals surface area (Å²) in [6, 6.07) is 8.86. The van der Waals surface area contributed by atoms with Gasteiger partial charge in [0.2, 0.25) is 0 Å². The van der Waals surface area contributed by atoms with E-state index >= 15 is 0 Å². The van der Waals surface area contributed by atoms with Crippen LogP contribution in [0.15, 0.2) is 29.3 Å². The van der Waals surface area contributed by atoms with Gasteiger partial charge in [-0.05, 0) is 46.4 Å². The second-order valence-electron chi connectivity index (χ2n) is 6.65. The molecule has 0 atom stereocenters. The first-order valence-electron chi connectivity index (χ1n) is 9.09. The molecule has 0 unspecified atom stereocenters. The number of benzene rings is 1. The molecule has 6 heteroatoms. The smallest absolute Gasteiger partial charge is 0.191 e. The van der Waals surface area contributed by atoms with Crippen LogP contribution >= 0.6 is 0 Å². The Balaban J connectivity index is 1.75. The lowest BCUT2D eigenvalue weighted by Gasteiger charge is -2.21. The molecular formula is C19H32N6. The Hall–Kier alpha value is -2.08. The van der Waals surface area contributed by atoms with Crippen LogP contribution in [-0.2, 0) is 6.54 Å². The van der Waals surface area contributed by atoms with Crippen LogP contribution in [0.5, 0.6) is 0 Å². The molecule has 6 nitrogen and oxygen atoms in total. The normalized spacial score (nSPS) is 12.4. The van der Waals surface area contributed by atoms with E-state index in [1.165, 1.54) is 5.52 Å². The van der Waals surface area contributed by atoms with Crippen molar-refractivity contribution in [2.24, 2.45) is 4.99 Å². The molecule has 2 rings (SSSR count). The van der Waals surface area contributed by atoms with Gasteiger partial charge in [-0.3, -0.25) is 4.99 Å². The molecule has 0 aliphatic heterocycles. The highest BCUT2D eigenvalue weighted by molar-refractivity contribution is 5.79. The molecule has 1 aromatic heterocycles. The molecule has 0 spiro atoms. The maximum absolute atomic E-state index is 4.62. The molecule has 1 aromatic carbocycles. The molecule has 1 heterocycles. The Morgan fingerprint density at radius 3 is 2.68 bits per heavy atom. The molecule has 2 N–H and O–H groups in total. The summed E-state index contributed by atoms with van der Waals surface area (Å²) < 4.78 is 2.28. The topological polar surface area (TPSA) is 57.5 Å². The van der Waals surface area contributed by atoms with E-state index in [1.807, 2.05) is 13.1 Å². The monoisotopic (exact) mass is 344 g/mol. The number of aromatic nitrogens is 2. The number of fused-ring (bicyclic) bond motifs is 1. The number of imidazole rings is 1. The highest BCUT2D eigenvalue weighted by Crippen LogP contribution is 2.15. The van der Waals surface area contributed by atoms with Gasteiger partial charge in [-0.15, -0.1) is 0 Å². The number of para-hydroxylation sites is 2. The molecule has 2 aromatic rings. The number of nitrogens with one attached hydrogen (secondary N) is 2. The van der Waals surface area contributed by atoms with Gasteiger partial charge in [0, 0.05) is 39.3 Å². The van der Waals surface area contributed by atoms with Crippen molar-refractivity contribution >= 4 is 17.0 Å². The number of guanidine groups is 1. The van der Waals surface area contributed by atoms with Crippen molar-refractivity contribution in [2.45, 2.75) is 39.8 Å². The van der Waals surface area contributed by atoms with E-state index in [9.17, 15) is 0 Å². The van der Waals surface area contributed by atoms with Gasteiger partial charge in [0.15, 0.2) is 5.96 Å². The molecule has 0 bridgehead atoms. The largest absolute Gasteiger partial charge is 0.356 e. The lowest BCUT2D eigenvalue weighted by molar-refractivity contribution is 0.278. The number of likely N-dealkylation sites (N-methyl/N-ethyl adjacent to an activating group) is 1. The maximum atomic E-state index is 4.62. The Morgan fingerprint density at radius 2 is 1.96 bits per heavy atom. The molecule has 0 fully saturated rings. The third-order valence-electron chi connectivity index (χ3n) is 4.56. The standard InChI is InChI=1S/C19H32N6/c1-15(2)24(5)14-12-22-19(20-4)21-11-8-13-25-16(3)23-17-9-6-7-10-18(17)25/h6-7,9-10,15H,8,11-14H2,1-5H3,(H2,20,21,22). The van der Waals surface area contributed by atoms with Crippen LogP contribution in [0, 0.1) is 6.92 Å². The number of aliphatic imine (C=N–C) groups is 1. The van der Waals surface area contributed by atoms with Gasteiger partial charge in [0.1, 0.15) is 5.82 Å². The molecule has 0 radical (unpaired) electrons. The predicted octanol–water partition coefficient (Wildman–Crippen LogP) is 2.24. The molecule has 0 amide bonds. The minimum Gasteiger partial charge on any atom is -0.356 e. The quantitative estimate of drug-likeness (QED) is 0.438. The number of rotatable bonds is 8. The average Bonchev–Trinajstić information content (AvgIpc) is 2.92. The van der Waals surface area contributed by atoms with Crippen LogP contribution < -0.4 is 10.6 Å². The van der Waals surface area contributed by atoms with E-state index < -0.39 is 0 Å². The van der Waals surface area contributed by atoms with Crippen molar-refractivity contribution < 1.29 is 0 Å². The van der Waals surface area contributed by atoms with Crippen molar-refractivity contribution in [2.75, 3.05) is 33.7 Å². The first-order valence-corrected chi connectivity index (χ1v) is 9.09. The lowest BCUT2D eigenvalue weighted by atomic mass is 10.3. The minimum atomic E-state index is 0.560. The van der Waals surface area contributed by atoms with Crippen LogP contribution in [0.25, 0.3) is 11.0 Å². The first kappa shape index (κ1) is 19.2. The fourth-order valence-electron chi connectivity index (χ4n) is 2.75. The summed E-state index contributed by atoms with van der Waals surface area (Å²) >= 11 is 0. The van der Waals surface area contributed by atoms with Gasteiger partial charge in [-0.25, -0.2) is 4.98 Å². The molecular weight excluding hydrogens is 312 g/mol. The third kappa shape index (κ3) is 5.46. The van der Waals surface area contributed by atoms with E-state index in [0.717, 1.165) is 49.9 Å². The Bertz CT molecular complexity index is 688. The highest BCUT2D eigenvalue weighted by Gasteiger charge is 2.06. The molecule has 0 saturated heterocycles. The Labute approximate surface area is 151 Å². The third-order valence-corrected chi connectivity index (χ3v) is 4.56. The lowest BCUT2D eigenvalue weighted by Crippen LogP contribution is -2.42. The van der Waals surface area contributed by atoms with Gasteiger partial charge < -0.3 is 20.1 Å². The fourth-order valence-corrected chi connectivity index (χ4v) is 2.75. The summed E-state index contributed by atoms with van der Waals surface area (Å²) in [4.78, 5) is 11.2. The zero-order chi connectivity index (χ0) is 18.2.